The maximum absolute atomic E-state index is 13.3. The van der Waals surface area contributed by atoms with E-state index in [1.54, 1.807) is 0 Å². The first-order valence-electron chi connectivity index (χ1n) is 9.74. The topological polar surface area (TPSA) is 76.5 Å². The van der Waals surface area contributed by atoms with Gasteiger partial charge >= 0.3 is 0 Å². The van der Waals surface area contributed by atoms with Gasteiger partial charge in [-0.2, -0.15) is 17.4 Å². The highest BCUT2D eigenvalue weighted by Crippen LogP contribution is 2.26. The average Bonchev–Trinajstić information content (AvgIpc) is 3.03. The van der Waals surface area contributed by atoms with E-state index in [2.05, 4.69) is 4.72 Å². The van der Waals surface area contributed by atoms with E-state index in [9.17, 15) is 8.42 Å². The van der Waals surface area contributed by atoms with Crippen LogP contribution in [-0.2, 0) is 22.0 Å². The third-order valence-corrected chi connectivity index (χ3v) is 6.72. The number of aryl methyl sites for hydroxylation is 1. The first kappa shape index (κ1) is 20.0. The summed E-state index contributed by atoms with van der Waals surface area (Å²) in [7, 11) is -1.84. The van der Waals surface area contributed by atoms with Gasteiger partial charge in [-0.15, -0.1) is 0 Å². The van der Waals surface area contributed by atoms with Gasteiger partial charge in [0.2, 0.25) is 0 Å². The van der Waals surface area contributed by atoms with Gasteiger partial charge in [0.1, 0.15) is 11.9 Å². The molecule has 8 heteroatoms. The van der Waals surface area contributed by atoms with Crippen molar-refractivity contribution in [3.05, 3.63) is 66.0 Å². The molecule has 2 aromatic carbocycles. The molecule has 1 aliphatic heterocycles. The van der Waals surface area contributed by atoms with Crippen molar-refractivity contribution in [2.45, 2.75) is 32.1 Å². The van der Waals surface area contributed by atoms with Crippen molar-refractivity contribution in [2.24, 2.45) is 7.05 Å². The number of morpholine rings is 1. The molecule has 0 spiro atoms. The van der Waals surface area contributed by atoms with Gasteiger partial charge in [-0.25, -0.2) is 4.98 Å². The van der Waals surface area contributed by atoms with Gasteiger partial charge in [0.05, 0.1) is 23.2 Å². The van der Waals surface area contributed by atoms with E-state index in [0.717, 1.165) is 16.6 Å². The van der Waals surface area contributed by atoms with Crippen molar-refractivity contribution in [1.29, 1.82) is 0 Å². The van der Waals surface area contributed by atoms with Gasteiger partial charge in [0.15, 0.2) is 0 Å². The van der Waals surface area contributed by atoms with Crippen molar-refractivity contribution in [3.8, 4) is 0 Å². The van der Waals surface area contributed by atoms with Crippen LogP contribution in [0.5, 0.6) is 0 Å². The van der Waals surface area contributed by atoms with Crippen molar-refractivity contribution >= 4 is 21.2 Å². The lowest BCUT2D eigenvalue weighted by atomic mass is 10.1. The Morgan fingerprint density at radius 1 is 1.03 bits per heavy atom. The molecule has 1 aromatic heterocycles. The number of rotatable bonds is 5. The second-order valence-electron chi connectivity index (χ2n) is 7.56. The zero-order chi connectivity index (χ0) is 20.6. The second-order valence-corrected chi connectivity index (χ2v) is 9.26. The van der Waals surface area contributed by atoms with Crippen LogP contribution >= 0.6 is 0 Å². The van der Waals surface area contributed by atoms with Gasteiger partial charge < -0.3 is 9.30 Å². The van der Waals surface area contributed by atoms with Crippen LogP contribution in [0.25, 0.3) is 11.0 Å². The number of nitrogens with one attached hydrogen (secondary N) is 1. The van der Waals surface area contributed by atoms with E-state index in [0.29, 0.717) is 18.9 Å². The molecule has 3 atom stereocenters. The number of hydrogen-bond acceptors (Lipinski definition) is 4. The Hall–Kier alpha value is -2.26. The van der Waals surface area contributed by atoms with Crippen LogP contribution < -0.4 is 4.72 Å². The van der Waals surface area contributed by atoms with E-state index in [1.165, 1.54) is 4.31 Å². The van der Waals surface area contributed by atoms with Crippen molar-refractivity contribution < 1.29 is 13.2 Å². The predicted molar refractivity (Wildman–Crippen MR) is 113 cm³/mol. The van der Waals surface area contributed by atoms with Crippen LogP contribution in [0, 0.1) is 0 Å². The molecule has 0 saturated carbocycles. The molecular formula is C21H26N4O3S. The van der Waals surface area contributed by atoms with E-state index in [4.69, 9.17) is 9.72 Å². The van der Waals surface area contributed by atoms with Crippen LogP contribution in [0.4, 0.5) is 0 Å². The molecule has 2 heterocycles. The van der Waals surface area contributed by atoms with Crippen molar-refractivity contribution in [1.82, 2.24) is 18.6 Å². The molecule has 1 N–H and O–H groups in total. The highest BCUT2D eigenvalue weighted by Gasteiger charge is 2.34. The van der Waals surface area contributed by atoms with E-state index in [-0.39, 0.29) is 12.2 Å². The Morgan fingerprint density at radius 3 is 2.31 bits per heavy atom. The first-order chi connectivity index (χ1) is 13.8. The number of para-hydroxylation sites is 2. The number of hydrogen-bond donors (Lipinski definition) is 1. The maximum Gasteiger partial charge on any atom is 0.280 e. The Bertz CT molecular complexity index is 1090. The summed E-state index contributed by atoms with van der Waals surface area (Å²) in [4.78, 5) is 4.74. The Morgan fingerprint density at radius 2 is 1.66 bits per heavy atom. The zero-order valence-electron chi connectivity index (χ0n) is 16.8. The van der Waals surface area contributed by atoms with Gasteiger partial charge in [-0.1, -0.05) is 42.5 Å². The van der Waals surface area contributed by atoms with Crippen LogP contribution in [0.1, 0.15) is 31.3 Å². The molecular weight excluding hydrogens is 388 g/mol. The number of fused-ring (bicyclic) bond motifs is 1. The lowest BCUT2D eigenvalue weighted by Crippen LogP contribution is -2.52. The van der Waals surface area contributed by atoms with Gasteiger partial charge in [-0.05, 0) is 31.5 Å². The lowest BCUT2D eigenvalue weighted by molar-refractivity contribution is -0.0444. The Labute approximate surface area is 171 Å². The predicted octanol–water partition coefficient (Wildman–Crippen LogP) is 2.61. The fourth-order valence-electron chi connectivity index (χ4n) is 3.89. The Kier molecular flexibility index (Phi) is 5.44. The summed E-state index contributed by atoms with van der Waals surface area (Å²) in [6.45, 7) is 4.42. The largest absolute Gasteiger partial charge is 0.373 e. The molecule has 4 rings (SSSR count). The minimum Gasteiger partial charge on any atom is -0.373 e. The zero-order valence-corrected chi connectivity index (χ0v) is 17.6. The monoisotopic (exact) mass is 414 g/mol. The minimum absolute atomic E-state index is 0.152. The highest BCUT2D eigenvalue weighted by molar-refractivity contribution is 7.87. The van der Waals surface area contributed by atoms with Crippen molar-refractivity contribution in [3.63, 3.8) is 0 Å². The molecule has 1 saturated heterocycles. The van der Waals surface area contributed by atoms with Gasteiger partial charge in [0, 0.05) is 20.1 Å². The highest BCUT2D eigenvalue weighted by atomic mass is 32.2. The number of aromatic nitrogens is 2. The smallest absolute Gasteiger partial charge is 0.280 e. The van der Waals surface area contributed by atoms with E-state index < -0.39 is 16.3 Å². The summed E-state index contributed by atoms with van der Waals surface area (Å²) in [6.07, 6.45) is -0.303. The molecule has 3 unspecified atom stereocenters. The van der Waals surface area contributed by atoms with Gasteiger partial charge in [-0.3, -0.25) is 0 Å². The third-order valence-electron chi connectivity index (χ3n) is 5.21. The molecule has 7 nitrogen and oxygen atoms in total. The summed E-state index contributed by atoms with van der Waals surface area (Å²) < 4.78 is 38.6. The molecule has 0 aliphatic carbocycles. The number of imidazole rings is 1. The standard InChI is InChI=1S/C21H26N4O3S/c1-15-13-25(14-16(2)28-15)29(26,27)23-20(17-9-5-4-6-10-17)21-22-18-11-7-8-12-19(18)24(21)3/h4-12,15-16,20,23H,13-14H2,1-3H3. The number of ether oxygens (including phenoxy) is 1. The second kappa shape index (κ2) is 7.87. The first-order valence-corrected chi connectivity index (χ1v) is 11.2. The molecule has 1 fully saturated rings. The van der Waals surface area contributed by atoms with E-state index >= 15 is 0 Å². The molecule has 3 aromatic rings. The molecule has 29 heavy (non-hydrogen) atoms. The maximum atomic E-state index is 13.3. The van der Waals surface area contributed by atoms with Gasteiger partial charge in [0.25, 0.3) is 10.2 Å². The molecule has 0 bridgehead atoms. The molecule has 0 radical (unpaired) electrons. The van der Waals surface area contributed by atoms with E-state index in [1.807, 2.05) is 80.1 Å². The Balaban J connectivity index is 1.74. The minimum atomic E-state index is -3.75. The summed E-state index contributed by atoms with van der Waals surface area (Å²) in [5, 5.41) is 0. The average molecular weight is 415 g/mol. The lowest BCUT2D eigenvalue weighted by Gasteiger charge is -2.35. The molecule has 0 amide bonds. The van der Waals surface area contributed by atoms with Crippen LogP contribution in [0.15, 0.2) is 54.6 Å². The SMILES string of the molecule is CC1CN(S(=O)(=O)NC(c2ccccc2)c2nc3ccccc3n2C)CC(C)O1. The quantitative estimate of drug-likeness (QED) is 0.696. The normalized spacial score (nSPS) is 22.0. The summed E-state index contributed by atoms with van der Waals surface area (Å²) in [5.74, 6) is 0.648. The van der Waals surface area contributed by atoms with Crippen molar-refractivity contribution in [2.75, 3.05) is 13.1 Å². The fraction of sp³-hybridized carbons (Fsp3) is 0.381. The fourth-order valence-corrected chi connectivity index (χ4v) is 5.39. The third kappa shape index (κ3) is 4.06. The molecule has 154 valence electrons. The van der Waals surface area contributed by atoms with Crippen LogP contribution in [-0.4, -0.2) is 47.6 Å². The van der Waals surface area contributed by atoms with Crippen LogP contribution in [0.2, 0.25) is 0 Å². The summed E-state index contributed by atoms with van der Waals surface area (Å²) in [5.41, 5.74) is 2.62. The molecule has 1 aliphatic rings. The number of benzene rings is 2. The number of nitrogens with zero attached hydrogens (tertiary/aromatic N) is 3. The summed E-state index contributed by atoms with van der Waals surface area (Å²) in [6, 6.07) is 16.7. The summed E-state index contributed by atoms with van der Waals surface area (Å²) >= 11 is 0. The van der Waals surface area contributed by atoms with Crippen LogP contribution in [0.3, 0.4) is 0 Å².